The molecule has 0 saturated carbocycles. The number of para-hydroxylation sites is 1. The lowest BCUT2D eigenvalue weighted by atomic mass is 10.2. The van der Waals surface area contributed by atoms with Crippen LogP contribution >= 0.6 is 34.4 Å². The Morgan fingerprint density at radius 2 is 2.12 bits per heavy atom. The van der Waals surface area contributed by atoms with Crippen LogP contribution < -0.4 is 15.6 Å². The third-order valence-corrected chi connectivity index (χ3v) is 7.51. The molecule has 0 aliphatic carbocycles. The molecule has 9 heteroatoms. The minimum Gasteiger partial charge on any atom is -0.496 e. The van der Waals surface area contributed by atoms with Gasteiger partial charge in [0.1, 0.15) is 10.6 Å². The highest BCUT2D eigenvalue weighted by atomic mass is 32.2. The molecule has 32 heavy (non-hydrogen) atoms. The number of hydrogen-bond acceptors (Lipinski definition) is 7. The predicted molar refractivity (Wildman–Crippen MR) is 133 cm³/mol. The van der Waals surface area contributed by atoms with Crippen LogP contribution in [-0.2, 0) is 17.9 Å². The highest BCUT2D eigenvalue weighted by Gasteiger charge is 2.18. The van der Waals surface area contributed by atoms with Crippen molar-refractivity contribution < 1.29 is 9.53 Å². The quantitative estimate of drug-likeness (QED) is 0.211. The Labute approximate surface area is 197 Å². The van der Waals surface area contributed by atoms with Crippen LogP contribution in [0.25, 0.3) is 20.7 Å². The second kappa shape index (κ2) is 10.2. The number of methoxy groups -OCH3 is 1. The smallest absolute Gasteiger partial charge is 0.263 e. The molecule has 0 spiro atoms. The maximum atomic E-state index is 13.3. The lowest BCUT2D eigenvalue weighted by molar-refractivity contribution is -0.118. The maximum absolute atomic E-state index is 13.3. The van der Waals surface area contributed by atoms with E-state index in [1.807, 2.05) is 47.2 Å². The Balaban J connectivity index is 1.53. The van der Waals surface area contributed by atoms with Gasteiger partial charge in [-0.1, -0.05) is 42.1 Å². The molecule has 4 rings (SSSR count). The molecule has 3 heterocycles. The lowest BCUT2D eigenvalue weighted by Gasteiger charge is -2.11. The second-order valence-corrected chi connectivity index (χ2v) is 9.53. The molecule has 1 amide bonds. The average molecular weight is 484 g/mol. The van der Waals surface area contributed by atoms with Gasteiger partial charge < -0.3 is 10.1 Å². The van der Waals surface area contributed by atoms with Crippen molar-refractivity contribution in [2.75, 3.05) is 12.9 Å². The number of carbonyl (C=O) groups excluding carboxylic acids is 1. The number of carbonyl (C=O) groups is 1. The number of nitrogens with zero attached hydrogens (tertiary/aromatic N) is 2. The van der Waals surface area contributed by atoms with Crippen molar-refractivity contribution in [3.8, 4) is 16.2 Å². The number of benzene rings is 1. The van der Waals surface area contributed by atoms with E-state index in [1.165, 1.54) is 23.1 Å². The van der Waals surface area contributed by atoms with Crippen molar-refractivity contribution in [1.82, 2.24) is 14.9 Å². The molecule has 0 saturated heterocycles. The fourth-order valence-corrected chi connectivity index (χ4v) is 5.88. The highest BCUT2D eigenvalue weighted by molar-refractivity contribution is 7.99. The first kappa shape index (κ1) is 22.3. The van der Waals surface area contributed by atoms with Crippen molar-refractivity contribution in [2.45, 2.75) is 18.2 Å². The van der Waals surface area contributed by atoms with E-state index in [0.29, 0.717) is 28.5 Å². The monoisotopic (exact) mass is 483 g/mol. The molecule has 0 radical (unpaired) electrons. The van der Waals surface area contributed by atoms with Crippen LogP contribution in [0.2, 0.25) is 0 Å². The number of ether oxygens (including phenoxy) is 1. The van der Waals surface area contributed by atoms with Gasteiger partial charge in [-0.05, 0) is 17.5 Å². The third-order valence-electron chi connectivity index (χ3n) is 4.76. The van der Waals surface area contributed by atoms with Crippen LogP contribution in [-0.4, -0.2) is 28.3 Å². The molecule has 0 fully saturated rings. The zero-order valence-corrected chi connectivity index (χ0v) is 19.8. The van der Waals surface area contributed by atoms with Gasteiger partial charge in [-0.2, -0.15) is 0 Å². The SMILES string of the molecule is C=CCn1c(SCC(=O)NCc2ccccc2OC)nc2scc(-c3cccs3)c2c1=O. The van der Waals surface area contributed by atoms with Crippen LogP contribution in [0.1, 0.15) is 5.56 Å². The Morgan fingerprint density at radius 1 is 1.28 bits per heavy atom. The molecule has 4 aromatic rings. The number of hydrogen-bond donors (Lipinski definition) is 1. The fourth-order valence-electron chi connectivity index (χ4n) is 3.24. The van der Waals surface area contributed by atoms with Crippen molar-refractivity contribution in [3.05, 3.63) is 75.7 Å². The Morgan fingerprint density at radius 3 is 2.88 bits per heavy atom. The molecule has 6 nitrogen and oxygen atoms in total. The highest BCUT2D eigenvalue weighted by Crippen LogP contribution is 2.34. The van der Waals surface area contributed by atoms with Crippen LogP contribution in [0, 0.1) is 0 Å². The Bertz CT molecular complexity index is 1310. The summed E-state index contributed by atoms with van der Waals surface area (Å²) < 4.78 is 6.90. The van der Waals surface area contributed by atoms with Crippen LogP contribution in [0.3, 0.4) is 0 Å². The minimum absolute atomic E-state index is 0.114. The van der Waals surface area contributed by atoms with E-state index in [2.05, 4.69) is 11.9 Å². The second-order valence-electron chi connectivity index (χ2n) is 6.78. The van der Waals surface area contributed by atoms with E-state index in [4.69, 9.17) is 9.72 Å². The summed E-state index contributed by atoms with van der Waals surface area (Å²) in [6, 6.07) is 11.5. The van der Waals surface area contributed by atoms with Gasteiger partial charge >= 0.3 is 0 Å². The molecule has 0 bridgehead atoms. The number of aromatic nitrogens is 2. The number of allylic oxidation sites excluding steroid dienone is 1. The summed E-state index contributed by atoms with van der Waals surface area (Å²) in [5.74, 6) is 0.727. The number of thiophene rings is 2. The number of nitrogens with one attached hydrogen (secondary N) is 1. The average Bonchev–Trinajstić information content (AvgIpc) is 3.48. The minimum atomic E-state index is -0.147. The summed E-state index contributed by atoms with van der Waals surface area (Å²) in [4.78, 5) is 32.2. The van der Waals surface area contributed by atoms with Gasteiger partial charge in [0.05, 0.1) is 18.2 Å². The van der Waals surface area contributed by atoms with E-state index in [9.17, 15) is 9.59 Å². The van der Waals surface area contributed by atoms with Crippen LogP contribution in [0.15, 0.2) is 69.8 Å². The van der Waals surface area contributed by atoms with E-state index < -0.39 is 0 Å². The van der Waals surface area contributed by atoms with Crippen molar-refractivity contribution >= 4 is 50.6 Å². The van der Waals surface area contributed by atoms with Crippen molar-refractivity contribution in [1.29, 1.82) is 0 Å². The summed E-state index contributed by atoms with van der Waals surface area (Å²) in [7, 11) is 1.60. The molecular formula is C23H21N3O3S3. The van der Waals surface area contributed by atoms with E-state index >= 15 is 0 Å². The van der Waals surface area contributed by atoms with E-state index in [1.54, 1.807) is 29.1 Å². The van der Waals surface area contributed by atoms with Gasteiger partial charge in [0.15, 0.2) is 5.16 Å². The predicted octanol–water partition coefficient (Wildman–Crippen LogP) is 4.79. The van der Waals surface area contributed by atoms with Crippen LogP contribution in [0.4, 0.5) is 0 Å². The number of amides is 1. The Kier molecular flexibility index (Phi) is 7.09. The molecule has 0 aliphatic heterocycles. The summed E-state index contributed by atoms with van der Waals surface area (Å²) in [5, 5.41) is 7.98. The van der Waals surface area contributed by atoms with Gasteiger partial charge in [0.2, 0.25) is 5.91 Å². The van der Waals surface area contributed by atoms with Crippen LogP contribution in [0.5, 0.6) is 5.75 Å². The largest absolute Gasteiger partial charge is 0.496 e. The molecular weight excluding hydrogens is 462 g/mol. The zero-order valence-electron chi connectivity index (χ0n) is 17.4. The molecule has 0 unspecified atom stereocenters. The van der Waals surface area contributed by atoms with Gasteiger partial charge in [0, 0.05) is 34.5 Å². The fraction of sp³-hybridized carbons (Fsp3) is 0.174. The van der Waals surface area contributed by atoms with Gasteiger partial charge in [0.25, 0.3) is 5.56 Å². The zero-order chi connectivity index (χ0) is 22.5. The molecule has 0 atom stereocenters. The lowest BCUT2D eigenvalue weighted by Crippen LogP contribution is -2.26. The number of rotatable bonds is 9. The summed E-state index contributed by atoms with van der Waals surface area (Å²) >= 11 is 4.28. The first-order valence-electron chi connectivity index (χ1n) is 9.80. The summed E-state index contributed by atoms with van der Waals surface area (Å²) in [6.45, 7) is 4.46. The number of thioether (sulfide) groups is 1. The van der Waals surface area contributed by atoms with Gasteiger partial charge in [-0.3, -0.25) is 14.2 Å². The topological polar surface area (TPSA) is 73.2 Å². The number of fused-ring (bicyclic) bond motifs is 1. The van der Waals surface area contributed by atoms with Gasteiger partial charge in [-0.25, -0.2) is 4.98 Å². The van der Waals surface area contributed by atoms with Gasteiger partial charge in [-0.15, -0.1) is 29.3 Å². The molecule has 3 aromatic heterocycles. The first-order valence-corrected chi connectivity index (χ1v) is 12.5. The first-order chi connectivity index (χ1) is 15.6. The normalized spacial score (nSPS) is 10.9. The van der Waals surface area contributed by atoms with Crippen molar-refractivity contribution in [2.24, 2.45) is 0 Å². The summed E-state index contributed by atoms with van der Waals surface area (Å²) in [5.41, 5.74) is 1.69. The third kappa shape index (κ3) is 4.64. The Hall–Kier alpha value is -2.88. The van der Waals surface area contributed by atoms with E-state index in [-0.39, 0.29) is 17.2 Å². The van der Waals surface area contributed by atoms with E-state index in [0.717, 1.165) is 21.8 Å². The maximum Gasteiger partial charge on any atom is 0.263 e. The standard InChI is InChI=1S/C23H21N3O3S3/c1-3-10-26-22(28)20-16(18-9-6-11-30-18)13-31-21(20)25-23(26)32-14-19(27)24-12-15-7-4-5-8-17(15)29-2/h3-9,11,13H,1,10,12,14H2,2H3,(H,24,27). The molecule has 1 aromatic carbocycles. The summed E-state index contributed by atoms with van der Waals surface area (Å²) in [6.07, 6.45) is 1.66. The molecule has 1 N–H and O–H groups in total. The molecule has 164 valence electrons. The van der Waals surface area contributed by atoms with Crippen molar-refractivity contribution in [3.63, 3.8) is 0 Å². The molecule has 0 aliphatic rings.